The molecule has 0 saturated heterocycles. The van der Waals surface area contributed by atoms with E-state index in [9.17, 15) is 4.79 Å². The molecular weight excluding hydrogens is 318 g/mol. The number of halogens is 1. The third kappa shape index (κ3) is 5.45. The highest BCUT2D eigenvalue weighted by atomic mass is 35.5. The van der Waals surface area contributed by atoms with Crippen LogP contribution in [0.5, 0.6) is 5.75 Å². The molecule has 1 heterocycles. The second-order valence-corrected chi connectivity index (χ2v) is 5.42. The molecule has 0 aliphatic carbocycles. The second kappa shape index (κ2) is 8.38. The number of nitrogens with zero attached hydrogens (tertiary/aromatic N) is 3. The van der Waals surface area contributed by atoms with E-state index in [1.807, 2.05) is 18.4 Å². The van der Waals surface area contributed by atoms with Crippen molar-refractivity contribution in [2.24, 2.45) is 0 Å². The summed E-state index contributed by atoms with van der Waals surface area (Å²) in [6.07, 6.45) is 1.47. The Morgan fingerprint density at radius 3 is 2.78 bits per heavy atom. The third-order valence-corrected chi connectivity index (χ3v) is 3.40. The summed E-state index contributed by atoms with van der Waals surface area (Å²) in [6.45, 7) is 5.34. The minimum absolute atomic E-state index is 0.166. The number of rotatable bonds is 7. The van der Waals surface area contributed by atoms with Crippen LogP contribution in [0, 0.1) is 0 Å². The number of benzene rings is 1. The summed E-state index contributed by atoms with van der Waals surface area (Å²) < 4.78 is 7.55. The van der Waals surface area contributed by atoms with Gasteiger partial charge in [0, 0.05) is 11.6 Å². The van der Waals surface area contributed by atoms with Gasteiger partial charge in [0.15, 0.2) is 5.82 Å². The van der Waals surface area contributed by atoms with Crippen LogP contribution in [0.2, 0.25) is 5.02 Å². The Kier molecular flexibility index (Phi) is 6.22. The van der Waals surface area contributed by atoms with Gasteiger partial charge in [-0.25, -0.2) is 4.79 Å². The molecule has 7 nitrogen and oxygen atoms in total. The lowest BCUT2D eigenvalue weighted by Gasteiger charge is -2.15. The van der Waals surface area contributed by atoms with E-state index in [0.717, 1.165) is 6.54 Å². The minimum Gasteiger partial charge on any atom is -0.489 e. The molecule has 2 aromatic rings. The first-order valence-electron chi connectivity index (χ1n) is 7.39. The van der Waals surface area contributed by atoms with Crippen molar-refractivity contribution in [3.05, 3.63) is 41.4 Å². The Morgan fingerprint density at radius 1 is 1.35 bits per heavy atom. The molecule has 0 radical (unpaired) electrons. The van der Waals surface area contributed by atoms with Gasteiger partial charge in [0.1, 0.15) is 18.2 Å². The number of urea groups is 1. The van der Waals surface area contributed by atoms with Gasteiger partial charge < -0.3 is 19.9 Å². The van der Waals surface area contributed by atoms with E-state index in [1.165, 1.54) is 0 Å². The molecule has 1 aromatic carbocycles. The molecule has 0 spiro atoms. The zero-order chi connectivity index (χ0) is 16.7. The standard InChI is InChI=1S/C15H20ClN5O2/c1-3-21-10-19-20-14(21)9-18-15(22)17-8-11(2)23-13-6-4-12(16)5-7-13/h4-7,10-11H,3,8-9H2,1-2H3,(H2,17,18,22)/t11-/m1/s1. The van der Waals surface area contributed by atoms with Gasteiger partial charge in [-0.1, -0.05) is 11.6 Å². The number of hydrogen-bond acceptors (Lipinski definition) is 4. The lowest BCUT2D eigenvalue weighted by Crippen LogP contribution is -2.40. The molecule has 0 bridgehead atoms. The number of aryl methyl sites for hydroxylation is 1. The van der Waals surface area contributed by atoms with E-state index in [-0.39, 0.29) is 12.1 Å². The van der Waals surface area contributed by atoms with Crippen LogP contribution in [0.15, 0.2) is 30.6 Å². The van der Waals surface area contributed by atoms with Gasteiger partial charge in [-0.3, -0.25) is 0 Å². The summed E-state index contributed by atoms with van der Waals surface area (Å²) in [7, 11) is 0. The van der Waals surface area contributed by atoms with Gasteiger partial charge in [0.2, 0.25) is 0 Å². The van der Waals surface area contributed by atoms with Crippen LogP contribution in [0.1, 0.15) is 19.7 Å². The highest BCUT2D eigenvalue weighted by molar-refractivity contribution is 6.30. The van der Waals surface area contributed by atoms with Gasteiger partial charge in [-0.2, -0.15) is 0 Å². The zero-order valence-electron chi connectivity index (χ0n) is 13.1. The van der Waals surface area contributed by atoms with Crippen LogP contribution < -0.4 is 15.4 Å². The van der Waals surface area contributed by atoms with Crippen LogP contribution in [0.25, 0.3) is 0 Å². The molecule has 2 amide bonds. The number of carbonyl (C=O) groups excluding carboxylic acids is 1. The maximum Gasteiger partial charge on any atom is 0.315 e. The highest BCUT2D eigenvalue weighted by Crippen LogP contribution is 2.16. The topological polar surface area (TPSA) is 81.1 Å². The Balaban J connectivity index is 1.70. The van der Waals surface area contributed by atoms with Crippen LogP contribution >= 0.6 is 11.6 Å². The molecular formula is C15H20ClN5O2. The fraction of sp³-hybridized carbons (Fsp3) is 0.400. The summed E-state index contributed by atoms with van der Waals surface area (Å²) in [5.74, 6) is 1.42. The maximum atomic E-state index is 11.8. The number of ether oxygens (including phenoxy) is 1. The molecule has 1 aromatic heterocycles. The molecule has 0 aliphatic rings. The quantitative estimate of drug-likeness (QED) is 0.811. The highest BCUT2D eigenvalue weighted by Gasteiger charge is 2.08. The first kappa shape index (κ1) is 17.1. The summed E-state index contributed by atoms with van der Waals surface area (Å²) >= 11 is 5.82. The average Bonchev–Trinajstić information content (AvgIpc) is 3.00. The van der Waals surface area contributed by atoms with Crippen molar-refractivity contribution in [3.63, 3.8) is 0 Å². The zero-order valence-corrected chi connectivity index (χ0v) is 13.9. The van der Waals surface area contributed by atoms with Gasteiger partial charge in [-0.05, 0) is 38.1 Å². The van der Waals surface area contributed by atoms with E-state index >= 15 is 0 Å². The first-order valence-corrected chi connectivity index (χ1v) is 7.77. The Bertz CT molecular complexity index is 629. The van der Waals surface area contributed by atoms with Crippen molar-refractivity contribution in [2.45, 2.75) is 33.0 Å². The number of amides is 2. The predicted molar refractivity (Wildman–Crippen MR) is 87.5 cm³/mol. The molecule has 124 valence electrons. The second-order valence-electron chi connectivity index (χ2n) is 4.98. The van der Waals surface area contributed by atoms with Gasteiger partial charge in [-0.15, -0.1) is 10.2 Å². The molecule has 23 heavy (non-hydrogen) atoms. The van der Waals surface area contributed by atoms with Crippen molar-refractivity contribution in [1.82, 2.24) is 25.4 Å². The maximum absolute atomic E-state index is 11.8. The molecule has 1 atom stereocenters. The van der Waals surface area contributed by atoms with E-state index in [1.54, 1.807) is 30.6 Å². The molecule has 8 heteroatoms. The van der Waals surface area contributed by atoms with Crippen LogP contribution in [-0.4, -0.2) is 33.4 Å². The molecule has 0 saturated carbocycles. The monoisotopic (exact) mass is 337 g/mol. The lowest BCUT2D eigenvalue weighted by atomic mass is 10.3. The third-order valence-electron chi connectivity index (χ3n) is 3.14. The Morgan fingerprint density at radius 2 is 2.09 bits per heavy atom. The molecule has 2 rings (SSSR count). The smallest absolute Gasteiger partial charge is 0.315 e. The van der Waals surface area contributed by atoms with Gasteiger partial charge in [0.05, 0.1) is 13.1 Å². The van der Waals surface area contributed by atoms with Crippen molar-refractivity contribution >= 4 is 17.6 Å². The van der Waals surface area contributed by atoms with E-state index in [2.05, 4.69) is 20.8 Å². The fourth-order valence-corrected chi connectivity index (χ4v) is 2.05. The van der Waals surface area contributed by atoms with E-state index < -0.39 is 0 Å². The molecule has 0 fully saturated rings. The summed E-state index contributed by atoms with van der Waals surface area (Å²) in [6, 6.07) is 6.82. The number of nitrogens with one attached hydrogen (secondary N) is 2. The van der Waals surface area contributed by atoms with Gasteiger partial charge >= 0.3 is 6.03 Å². The molecule has 0 unspecified atom stereocenters. The van der Waals surface area contributed by atoms with E-state index in [4.69, 9.17) is 16.3 Å². The Hall–Kier alpha value is -2.28. The van der Waals surface area contributed by atoms with Crippen molar-refractivity contribution in [2.75, 3.05) is 6.54 Å². The van der Waals surface area contributed by atoms with E-state index in [0.29, 0.717) is 29.7 Å². The number of carbonyl (C=O) groups is 1. The summed E-state index contributed by atoms with van der Waals surface area (Å²) in [5.41, 5.74) is 0. The molecule has 0 aliphatic heterocycles. The Labute approximate surface area is 140 Å². The number of aromatic nitrogens is 3. The average molecular weight is 338 g/mol. The molecule has 2 N–H and O–H groups in total. The van der Waals surface area contributed by atoms with Crippen molar-refractivity contribution in [1.29, 1.82) is 0 Å². The first-order chi connectivity index (χ1) is 11.1. The van der Waals surface area contributed by atoms with Gasteiger partial charge in [0.25, 0.3) is 0 Å². The van der Waals surface area contributed by atoms with Crippen LogP contribution in [-0.2, 0) is 13.1 Å². The van der Waals surface area contributed by atoms with Crippen LogP contribution in [0.3, 0.4) is 0 Å². The normalized spacial score (nSPS) is 11.8. The minimum atomic E-state index is -0.276. The van der Waals surface area contributed by atoms with Crippen molar-refractivity contribution in [3.8, 4) is 5.75 Å². The predicted octanol–water partition coefficient (Wildman–Crippen LogP) is 2.22. The summed E-state index contributed by atoms with van der Waals surface area (Å²) in [5, 5.41) is 13.9. The number of hydrogen-bond donors (Lipinski definition) is 2. The largest absolute Gasteiger partial charge is 0.489 e. The fourth-order valence-electron chi connectivity index (χ4n) is 1.93. The SMILES string of the molecule is CCn1cnnc1CNC(=O)NC[C@@H](C)Oc1ccc(Cl)cc1. The van der Waals surface area contributed by atoms with Crippen LogP contribution in [0.4, 0.5) is 4.79 Å². The van der Waals surface area contributed by atoms with Crippen molar-refractivity contribution < 1.29 is 9.53 Å². The summed E-state index contributed by atoms with van der Waals surface area (Å²) in [4.78, 5) is 11.8. The lowest BCUT2D eigenvalue weighted by molar-refractivity contribution is 0.207.